The predicted molar refractivity (Wildman–Crippen MR) is 82.7 cm³/mol. The summed E-state index contributed by atoms with van der Waals surface area (Å²) in [4.78, 5) is 18.9. The number of β-amino-alcohol motifs (C(OH)–C–C–N with tert-alkyl or cyclic N) is 1. The highest BCUT2D eigenvalue weighted by Crippen LogP contribution is 2.09. The molecule has 124 valence electrons. The number of rotatable bonds is 10. The maximum absolute atomic E-state index is 11.3. The Labute approximate surface area is 128 Å². The van der Waals surface area contributed by atoms with Crippen LogP contribution in [-0.2, 0) is 4.84 Å². The first-order chi connectivity index (χ1) is 10.1. The summed E-state index contributed by atoms with van der Waals surface area (Å²) in [5.74, 6) is 0. The van der Waals surface area contributed by atoms with Gasteiger partial charge in [0.15, 0.2) is 0 Å². The number of hydrogen-bond acceptors (Lipinski definition) is 4. The van der Waals surface area contributed by atoms with E-state index in [0.29, 0.717) is 13.1 Å². The van der Waals surface area contributed by atoms with E-state index in [1.807, 2.05) is 0 Å². The molecule has 0 bridgehead atoms. The molecular formula is C15H31N3O3. The zero-order valence-corrected chi connectivity index (χ0v) is 13.3. The predicted octanol–water partition coefficient (Wildman–Crippen LogP) is 1.73. The summed E-state index contributed by atoms with van der Waals surface area (Å²) in [6.45, 7) is 5.42. The topological polar surface area (TPSA) is 79.0 Å². The van der Waals surface area contributed by atoms with Gasteiger partial charge in [0, 0.05) is 6.54 Å². The molecule has 1 aliphatic rings. The summed E-state index contributed by atoms with van der Waals surface area (Å²) in [7, 11) is 0. The number of aliphatic hydroxyl groups is 1. The van der Waals surface area contributed by atoms with Crippen molar-refractivity contribution in [2.45, 2.75) is 58.0 Å². The second-order valence-corrected chi connectivity index (χ2v) is 5.81. The smallest absolute Gasteiger partial charge is 0.338 e. The molecule has 0 aliphatic carbocycles. The van der Waals surface area contributed by atoms with Crippen molar-refractivity contribution in [3.05, 3.63) is 0 Å². The van der Waals surface area contributed by atoms with E-state index in [2.05, 4.69) is 11.8 Å². The quantitative estimate of drug-likeness (QED) is 0.476. The first kappa shape index (κ1) is 18.2. The van der Waals surface area contributed by atoms with E-state index < -0.39 is 12.1 Å². The minimum Gasteiger partial charge on any atom is -0.389 e. The number of urea groups is 1. The van der Waals surface area contributed by atoms with Crippen LogP contribution in [0.15, 0.2) is 0 Å². The maximum Gasteiger partial charge on any atom is 0.338 e. The van der Waals surface area contributed by atoms with Crippen molar-refractivity contribution >= 4 is 6.03 Å². The zero-order valence-electron chi connectivity index (χ0n) is 13.3. The van der Waals surface area contributed by atoms with E-state index in [0.717, 1.165) is 38.8 Å². The van der Waals surface area contributed by atoms with E-state index in [4.69, 9.17) is 10.6 Å². The highest BCUT2D eigenvalue weighted by atomic mass is 16.7. The van der Waals surface area contributed by atoms with Crippen LogP contribution in [0.4, 0.5) is 4.79 Å². The lowest BCUT2D eigenvalue weighted by Crippen LogP contribution is -2.42. The molecule has 0 saturated carbocycles. The molecule has 6 nitrogen and oxygen atoms in total. The molecule has 0 aromatic rings. The van der Waals surface area contributed by atoms with Crippen LogP contribution in [0, 0.1) is 0 Å². The Bertz CT molecular complexity index is 283. The molecular weight excluding hydrogens is 270 g/mol. The molecule has 1 rings (SSSR count). The molecule has 0 aromatic carbocycles. The van der Waals surface area contributed by atoms with E-state index in [9.17, 15) is 9.90 Å². The van der Waals surface area contributed by atoms with E-state index in [1.54, 1.807) is 0 Å². The highest BCUT2D eigenvalue weighted by Gasteiger charge is 2.17. The van der Waals surface area contributed by atoms with Gasteiger partial charge in [0.1, 0.15) is 6.61 Å². The van der Waals surface area contributed by atoms with Crippen LogP contribution in [0.2, 0.25) is 0 Å². The van der Waals surface area contributed by atoms with Crippen molar-refractivity contribution in [2.75, 3.05) is 32.8 Å². The monoisotopic (exact) mass is 301 g/mol. The second kappa shape index (κ2) is 10.8. The van der Waals surface area contributed by atoms with Gasteiger partial charge < -0.3 is 15.7 Å². The van der Waals surface area contributed by atoms with Crippen LogP contribution in [0.5, 0.6) is 0 Å². The molecule has 1 fully saturated rings. The van der Waals surface area contributed by atoms with Crippen molar-refractivity contribution in [1.82, 2.24) is 9.96 Å². The molecule has 1 unspecified atom stereocenters. The van der Waals surface area contributed by atoms with Gasteiger partial charge in [-0.2, -0.15) is 0 Å². The molecule has 1 aliphatic heterocycles. The fraction of sp³-hybridized carbons (Fsp3) is 0.933. The number of piperidine rings is 1. The average Bonchev–Trinajstić information content (AvgIpc) is 2.47. The highest BCUT2D eigenvalue weighted by molar-refractivity contribution is 5.70. The average molecular weight is 301 g/mol. The minimum absolute atomic E-state index is 0.118. The molecule has 0 spiro atoms. The Kier molecular flexibility index (Phi) is 9.37. The second-order valence-electron chi connectivity index (χ2n) is 5.81. The molecule has 1 atom stereocenters. The number of amides is 2. The summed E-state index contributed by atoms with van der Waals surface area (Å²) in [5, 5.41) is 11.2. The number of aliphatic hydroxyl groups excluding tert-OH is 1. The Balaban J connectivity index is 2.19. The van der Waals surface area contributed by atoms with Crippen LogP contribution < -0.4 is 5.73 Å². The van der Waals surface area contributed by atoms with Gasteiger partial charge in [-0.1, -0.05) is 32.6 Å². The van der Waals surface area contributed by atoms with Crippen LogP contribution in [0.1, 0.15) is 51.9 Å². The van der Waals surface area contributed by atoms with Gasteiger partial charge in [-0.05, 0) is 32.4 Å². The molecule has 2 amide bonds. The van der Waals surface area contributed by atoms with E-state index in [1.165, 1.54) is 24.3 Å². The van der Waals surface area contributed by atoms with Crippen LogP contribution in [-0.4, -0.2) is 60.0 Å². The zero-order chi connectivity index (χ0) is 15.5. The fourth-order valence-electron chi connectivity index (χ4n) is 2.59. The number of carbonyl (C=O) groups excluding carboxylic acids is 1. The van der Waals surface area contributed by atoms with Gasteiger partial charge in [0.05, 0.1) is 12.6 Å². The van der Waals surface area contributed by atoms with Crippen molar-refractivity contribution in [3.63, 3.8) is 0 Å². The molecule has 0 aromatic heterocycles. The number of likely N-dealkylation sites (tertiary alicyclic amines) is 1. The van der Waals surface area contributed by atoms with Crippen molar-refractivity contribution < 1.29 is 14.7 Å². The Morgan fingerprint density at radius 2 is 2.00 bits per heavy atom. The molecule has 3 N–H and O–H groups in total. The summed E-state index contributed by atoms with van der Waals surface area (Å²) in [6.07, 6.45) is 7.29. The summed E-state index contributed by atoms with van der Waals surface area (Å²) < 4.78 is 0. The number of nitrogens with two attached hydrogens (primary N) is 1. The third kappa shape index (κ3) is 8.24. The lowest BCUT2D eigenvalue weighted by Gasteiger charge is -2.29. The molecule has 1 heterocycles. The van der Waals surface area contributed by atoms with Gasteiger partial charge >= 0.3 is 6.03 Å². The number of hydrogen-bond donors (Lipinski definition) is 2. The molecule has 0 radical (unpaired) electrons. The first-order valence-electron chi connectivity index (χ1n) is 8.23. The Morgan fingerprint density at radius 1 is 1.29 bits per heavy atom. The van der Waals surface area contributed by atoms with Crippen molar-refractivity contribution in [3.8, 4) is 0 Å². The Morgan fingerprint density at radius 3 is 2.62 bits per heavy atom. The summed E-state index contributed by atoms with van der Waals surface area (Å²) >= 11 is 0. The third-order valence-electron chi connectivity index (χ3n) is 3.80. The van der Waals surface area contributed by atoms with Crippen LogP contribution in [0.3, 0.4) is 0 Å². The summed E-state index contributed by atoms with van der Waals surface area (Å²) in [5.41, 5.74) is 5.29. The number of carbonyl (C=O) groups is 1. The number of nitrogens with zero attached hydrogens (tertiary/aromatic N) is 2. The number of unbranched alkanes of at least 4 members (excludes halogenated alkanes) is 3. The molecule has 21 heavy (non-hydrogen) atoms. The van der Waals surface area contributed by atoms with E-state index in [-0.39, 0.29) is 6.61 Å². The van der Waals surface area contributed by atoms with E-state index >= 15 is 0 Å². The SMILES string of the molecule is CCCCCCN(OCC(O)CN1CCCCC1)C(N)=O. The van der Waals surface area contributed by atoms with Gasteiger partial charge in [0.2, 0.25) is 0 Å². The normalized spacial score (nSPS) is 17.6. The lowest BCUT2D eigenvalue weighted by atomic mass is 10.1. The van der Waals surface area contributed by atoms with Crippen molar-refractivity contribution in [1.29, 1.82) is 0 Å². The number of hydroxylamine groups is 2. The van der Waals surface area contributed by atoms with Gasteiger partial charge in [-0.25, -0.2) is 9.86 Å². The number of primary amides is 1. The van der Waals surface area contributed by atoms with Crippen molar-refractivity contribution in [2.24, 2.45) is 5.73 Å². The summed E-state index contributed by atoms with van der Waals surface area (Å²) in [6, 6.07) is -0.586. The largest absolute Gasteiger partial charge is 0.389 e. The molecule has 1 saturated heterocycles. The minimum atomic E-state index is -0.586. The van der Waals surface area contributed by atoms with Gasteiger partial charge in [-0.15, -0.1) is 0 Å². The molecule has 6 heteroatoms. The fourth-order valence-corrected chi connectivity index (χ4v) is 2.59. The Hall–Kier alpha value is -0.850. The van der Waals surface area contributed by atoms with Gasteiger partial charge in [0.25, 0.3) is 0 Å². The van der Waals surface area contributed by atoms with Gasteiger partial charge in [-0.3, -0.25) is 4.84 Å². The third-order valence-corrected chi connectivity index (χ3v) is 3.80. The standard InChI is InChI=1S/C15H31N3O3/c1-2-3-4-8-11-18(15(16)20)21-13-14(19)12-17-9-6-5-7-10-17/h14,19H,2-13H2,1H3,(H2,16,20). The van der Waals surface area contributed by atoms with Crippen LogP contribution in [0.25, 0.3) is 0 Å². The lowest BCUT2D eigenvalue weighted by molar-refractivity contribution is -0.143. The first-order valence-corrected chi connectivity index (χ1v) is 8.23. The maximum atomic E-state index is 11.3. The van der Waals surface area contributed by atoms with Crippen LogP contribution >= 0.6 is 0 Å².